The first-order chi connectivity index (χ1) is 8.92. The summed E-state index contributed by atoms with van der Waals surface area (Å²) in [6, 6.07) is 0.340. The van der Waals surface area contributed by atoms with Gasteiger partial charge in [-0.15, -0.1) is 0 Å². The van der Waals surface area contributed by atoms with Crippen molar-refractivity contribution >= 4 is 34.2 Å². The lowest BCUT2D eigenvalue weighted by molar-refractivity contribution is 0.0700. The Morgan fingerprint density at radius 3 is 2.63 bits per heavy atom. The zero-order valence-electron chi connectivity index (χ0n) is 12.1. The van der Waals surface area contributed by atoms with E-state index in [2.05, 4.69) is 30.0 Å². The van der Waals surface area contributed by atoms with Gasteiger partial charge in [-0.25, -0.2) is 9.78 Å². The lowest BCUT2D eigenvalue weighted by Gasteiger charge is -2.23. The van der Waals surface area contributed by atoms with Crippen LogP contribution in [0.5, 0.6) is 0 Å². The summed E-state index contributed by atoms with van der Waals surface area (Å²) in [6.45, 7) is 6.20. The summed E-state index contributed by atoms with van der Waals surface area (Å²) < 4.78 is 0. The number of anilines is 1. The van der Waals surface area contributed by atoms with Gasteiger partial charge in [0, 0.05) is 18.8 Å². The largest absolute Gasteiger partial charge is 0.477 e. The Morgan fingerprint density at radius 1 is 1.53 bits per heavy atom. The Hall–Kier alpha value is -0.750. The van der Waals surface area contributed by atoms with Crippen LogP contribution in [0.4, 0.5) is 5.13 Å². The van der Waals surface area contributed by atoms with Gasteiger partial charge in [-0.2, -0.15) is 11.8 Å². The molecule has 0 amide bonds. The third kappa shape index (κ3) is 3.86. The van der Waals surface area contributed by atoms with Crippen molar-refractivity contribution in [2.45, 2.75) is 39.2 Å². The molecule has 0 bridgehead atoms. The van der Waals surface area contributed by atoms with Crippen LogP contribution in [0.15, 0.2) is 0 Å². The van der Waals surface area contributed by atoms with Crippen LogP contribution in [0.25, 0.3) is 0 Å². The zero-order valence-corrected chi connectivity index (χ0v) is 13.8. The molecule has 0 aliphatic rings. The van der Waals surface area contributed by atoms with E-state index in [1.54, 1.807) is 11.8 Å². The molecule has 19 heavy (non-hydrogen) atoms. The molecule has 1 aromatic rings. The number of aromatic carboxylic acids is 1. The third-order valence-electron chi connectivity index (χ3n) is 3.29. The number of carboxylic acids is 1. The van der Waals surface area contributed by atoms with E-state index < -0.39 is 5.97 Å². The van der Waals surface area contributed by atoms with Crippen LogP contribution in [-0.4, -0.2) is 41.2 Å². The molecule has 0 radical (unpaired) electrons. The van der Waals surface area contributed by atoms with Crippen LogP contribution >= 0.6 is 23.1 Å². The fraction of sp³-hybridized carbons (Fsp3) is 0.692. The number of rotatable bonds is 7. The molecule has 1 aromatic heterocycles. The van der Waals surface area contributed by atoms with Crippen molar-refractivity contribution in [3.63, 3.8) is 0 Å². The van der Waals surface area contributed by atoms with Crippen LogP contribution in [0, 0.1) is 0 Å². The highest BCUT2D eigenvalue weighted by atomic mass is 32.2. The minimum atomic E-state index is -0.870. The van der Waals surface area contributed by atoms with Crippen LogP contribution < -0.4 is 4.90 Å². The summed E-state index contributed by atoms with van der Waals surface area (Å²) in [4.78, 5) is 18.3. The van der Waals surface area contributed by atoms with Crippen LogP contribution in [0.2, 0.25) is 0 Å². The molecule has 1 heterocycles. The highest BCUT2D eigenvalue weighted by Gasteiger charge is 2.23. The van der Waals surface area contributed by atoms with E-state index in [1.807, 2.05) is 14.0 Å². The highest BCUT2D eigenvalue weighted by molar-refractivity contribution is 7.98. The van der Waals surface area contributed by atoms with E-state index in [1.165, 1.54) is 11.3 Å². The van der Waals surface area contributed by atoms with Gasteiger partial charge in [-0.1, -0.05) is 25.2 Å². The van der Waals surface area contributed by atoms with Gasteiger partial charge in [-0.05, 0) is 25.5 Å². The van der Waals surface area contributed by atoms with Crippen molar-refractivity contribution < 1.29 is 9.90 Å². The number of hydrogen-bond acceptors (Lipinski definition) is 5. The van der Waals surface area contributed by atoms with Gasteiger partial charge >= 0.3 is 5.97 Å². The second-order valence-electron chi connectivity index (χ2n) is 4.74. The summed E-state index contributed by atoms with van der Waals surface area (Å²) in [7, 11) is 1.98. The first-order valence-corrected chi connectivity index (χ1v) is 8.59. The Labute approximate surface area is 123 Å². The fourth-order valence-corrected chi connectivity index (χ4v) is 3.49. The lowest BCUT2D eigenvalue weighted by Crippen LogP contribution is -2.30. The van der Waals surface area contributed by atoms with Gasteiger partial charge in [0.1, 0.15) is 4.88 Å². The molecule has 6 heteroatoms. The van der Waals surface area contributed by atoms with E-state index in [0.29, 0.717) is 10.9 Å². The quantitative estimate of drug-likeness (QED) is 0.835. The van der Waals surface area contributed by atoms with Gasteiger partial charge in [0.2, 0.25) is 0 Å². The molecular formula is C13H22N2O2S2. The van der Waals surface area contributed by atoms with Crippen molar-refractivity contribution in [3.05, 3.63) is 10.6 Å². The average molecular weight is 302 g/mol. The second-order valence-corrected chi connectivity index (χ2v) is 6.63. The van der Waals surface area contributed by atoms with E-state index in [0.717, 1.165) is 23.0 Å². The lowest BCUT2D eigenvalue weighted by atomic mass is 10.0. The maximum absolute atomic E-state index is 11.3. The molecule has 108 valence electrons. The molecule has 1 N–H and O–H groups in total. The van der Waals surface area contributed by atoms with Crippen molar-refractivity contribution in [1.82, 2.24) is 4.98 Å². The molecule has 0 saturated carbocycles. The van der Waals surface area contributed by atoms with Crippen molar-refractivity contribution in [2.75, 3.05) is 24.0 Å². The highest BCUT2D eigenvalue weighted by Crippen LogP contribution is 2.32. The van der Waals surface area contributed by atoms with Crippen LogP contribution in [0.1, 0.15) is 48.5 Å². The maximum Gasteiger partial charge on any atom is 0.347 e. The van der Waals surface area contributed by atoms with E-state index in [-0.39, 0.29) is 5.92 Å². The fourth-order valence-electron chi connectivity index (χ4n) is 1.69. The Bertz CT molecular complexity index is 434. The first-order valence-electron chi connectivity index (χ1n) is 6.38. The standard InChI is InChI=1S/C13H22N2O2S2/c1-6-8(2)10-11(12(16)17)19-13(14-10)15(4)9(3)7-18-5/h8-9H,6-7H2,1-5H3,(H,16,17). The predicted octanol–water partition coefficient (Wildman–Crippen LogP) is 3.54. The minimum Gasteiger partial charge on any atom is -0.477 e. The Kier molecular flexibility index (Phi) is 6.13. The SMILES string of the molecule is CCC(C)c1nc(N(C)C(C)CSC)sc1C(=O)O. The molecule has 2 unspecified atom stereocenters. The van der Waals surface area contributed by atoms with Crippen LogP contribution in [0.3, 0.4) is 0 Å². The molecule has 0 aliphatic carbocycles. The normalized spacial score (nSPS) is 14.2. The van der Waals surface area contributed by atoms with Gasteiger partial charge < -0.3 is 10.0 Å². The van der Waals surface area contributed by atoms with E-state index in [9.17, 15) is 9.90 Å². The molecule has 2 atom stereocenters. The number of hydrogen-bond donors (Lipinski definition) is 1. The molecule has 0 aliphatic heterocycles. The topological polar surface area (TPSA) is 53.4 Å². The first kappa shape index (κ1) is 16.3. The summed E-state index contributed by atoms with van der Waals surface area (Å²) in [5, 5.41) is 10.1. The summed E-state index contributed by atoms with van der Waals surface area (Å²) in [5.74, 6) is 0.308. The molecule has 0 aromatic carbocycles. The minimum absolute atomic E-state index is 0.181. The van der Waals surface area contributed by atoms with E-state index >= 15 is 0 Å². The van der Waals surface area contributed by atoms with Gasteiger partial charge in [0.15, 0.2) is 5.13 Å². The number of carbonyl (C=O) groups is 1. The van der Waals surface area contributed by atoms with Crippen LogP contribution in [-0.2, 0) is 0 Å². The average Bonchev–Trinajstić information content (AvgIpc) is 2.82. The molecular weight excluding hydrogens is 280 g/mol. The monoisotopic (exact) mass is 302 g/mol. The van der Waals surface area contributed by atoms with Crippen molar-refractivity contribution in [2.24, 2.45) is 0 Å². The Balaban J connectivity index is 3.07. The van der Waals surface area contributed by atoms with Crippen molar-refractivity contribution in [3.8, 4) is 0 Å². The summed E-state index contributed by atoms with van der Waals surface area (Å²) >= 11 is 3.06. The predicted molar refractivity (Wildman–Crippen MR) is 84.0 cm³/mol. The number of aromatic nitrogens is 1. The summed E-state index contributed by atoms with van der Waals surface area (Å²) in [5.41, 5.74) is 0.721. The number of thioether (sulfide) groups is 1. The molecule has 0 fully saturated rings. The van der Waals surface area contributed by atoms with E-state index in [4.69, 9.17) is 0 Å². The van der Waals surface area contributed by atoms with Gasteiger partial charge in [0.05, 0.1) is 5.69 Å². The Morgan fingerprint density at radius 2 is 2.16 bits per heavy atom. The van der Waals surface area contributed by atoms with Crippen molar-refractivity contribution in [1.29, 1.82) is 0 Å². The van der Waals surface area contributed by atoms with Gasteiger partial charge in [-0.3, -0.25) is 0 Å². The zero-order chi connectivity index (χ0) is 14.6. The number of carboxylic acid groups (broad SMARTS) is 1. The molecule has 1 rings (SSSR count). The second kappa shape index (κ2) is 7.14. The smallest absolute Gasteiger partial charge is 0.347 e. The van der Waals surface area contributed by atoms with Gasteiger partial charge in [0.25, 0.3) is 0 Å². The molecule has 0 spiro atoms. The number of thiazole rings is 1. The molecule has 0 saturated heterocycles. The maximum atomic E-state index is 11.3. The molecule has 4 nitrogen and oxygen atoms in total. The summed E-state index contributed by atoms with van der Waals surface area (Å²) in [6.07, 6.45) is 2.97. The third-order valence-corrected chi connectivity index (χ3v) is 5.25. The number of nitrogens with zero attached hydrogens (tertiary/aromatic N) is 2.